The van der Waals surface area contributed by atoms with Gasteiger partial charge in [0.15, 0.2) is 10.8 Å². The second-order valence-electron chi connectivity index (χ2n) is 5.37. The van der Waals surface area contributed by atoms with Crippen molar-refractivity contribution in [2.45, 2.75) is 6.42 Å². The first-order valence-electron chi connectivity index (χ1n) is 7.35. The van der Waals surface area contributed by atoms with E-state index in [4.69, 9.17) is 0 Å². The molecule has 120 valence electrons. The fraction of sp³-hybridized carbons (Fsp3) is 0.125. The second kappa shape index (κ2) is 5.89. The third-order valence-corrected chi connectivity index (χ3v) is 4.61. The highest BCUT2D eigenvalue weighted by molar-refractivity contribution is 7.13. The first kappa shape index (κ1) is 14.6. The lowest BCUT2D eigenvalue weighted by molar-refractivity contribution is -0.115. The molecule has 0 spiro atoms. The molecular weight excluding hydrogens is 324 g/mol. The van der Waals surface area contributed by atoms with Crippen LogP contribution in [0.25, 0.3) is 21.7 Å². The van der Waals surface area contributed by atoms with Crippen molar-refractivity contribution >= 4 is 33.8 Å². The maximum Gasteiger partial charge on any atom is 0.230 e. The Morgan fingerprint density at radius 2 is 2.29 bits per heavy atom. The molecule has 7 nitrogen and oxygen atoms in total. The Hall–Kier alpha value is -3.00. The number of rotatable bonds is 4. The number of nitrogens with one attached hydrogen (secondary N) is 2. The summed E-state index contributed by atoms with van der Waals surface area (Å²) in [6, 6.07) is 7.86. The van der Waals surface area contributed by atoms with Crippen LogP contribution in [0.4, 0.5) is 5.69 Å². The second-order valence-corrected chi connectivity index (χ2v) is 6.23. The van der Waals surface area contributed by atoms with Crippen LogP contribution in [0.1, 0.15) is 5.69 Å². The summed E-state index contributed by atoms with van der Waals surface area (Å²) in [5, 5.41) is 13.1. The normalized spacial score (nSPS) is 11.0. The molecule has 0 saturated carbocycles. The first-order valence-corrected chi connectivity index (χ1v) is 8.23. The number of anilines is 1. The molecule has 0 aliphatic carbocycles. The number of benzene rings is 1. The number of fused-ring (bicyclic) bond motifs is 1. The van der Waals surface area contributed by atoms with Crippen molar-refractivity contribution in [1.29, 1.82) is 0 Å². The van der Waals surface area contributed by atoms with Gasteiger partial charge in [-0.1, -0.05) is 6.07 Å². The number of hydrogen-bond acceptors (Lipinski definition) is 5. The molecule has 24 heavy (non-hydrogen) atoms. The number of carbonyl (C=O) groups excluding carboxylic acids is 1. The molecule has 0 atom stereocenters. The smallest absolute Gasteiger partial charge is 0.230 e. The van der Waals surface area contributed by atoms with Crippen LogP contribution in [0.15, 0.2) is 42.2 Å². The highest BCUT2D eigenvalue weighted by Gasteiger charge is 2.12. The van der Waals surface area contributed by atoms with Crippen LogP contribution in [0.3, 0.4) is 0 Å². The Balaban J connectivity index is 1.50. The van der Waals surface area contributed by atoms with Crippen LogP contribution in [0.2, 0.25) is 0 Å². The molecule has 4 rings (SSSR count). The van der Waals surface area contributed by atoms with Gasteiger partial charge in [-0.15, -0.1) is 11.3 Å². The topological polar surface area (TPSA) is 88.5 Å². The fourth-order valence-corrected chi connectivity index (χ4v) is 3.34. The van der Waals surface area contributed by atoms with Crippen LogP contribution < -0.4 is 5.32 Å². The van der Waals surface area contributed by atoms with Crippen molar-refractivity contribution in [3.8, 4) is 10.8 Å². The van der Waals surface area contributed by atoms with Gasteiger partial charge in [-0.2, -0.15) is 5.10 Å². The van der Waals surface area contributed by atoms with Gasteiger partial charge in [0.1, 0.15) is 6.33 Å². The number of carbonyl (C=O) groups is 1. The molecule has 3 aromatic heterocycles. The van der Waals surface area contributed by atoms with Crippen LogP contribution in [-0.2, 0) is 18.3 Å². The van der Waals surface area contributed by atoms with Gasteiger partial charge in [0, 0.05) is 29.5 Å². The van der Waals surface area contributed by atoms with Gasteiger partial charge in [-0.3, -0.25) is 9.89 Å². The SMILES string of the molecule is Cn1ccc2c(NC(=O)Cc3csc(-c4ncn[nH]4)n3)cccc21. The Labute approximate surface area is 141 Å². The molecule has 0 bridgehead atoms. The minimum Gasteiger partial charge on any atom is -0.350 e. The minimum absolute atomic E-state index is 0.0965. The van der Waals surface area contributed by atoms with Crippen molar-refractivity contribution < 1.29 is 4.79 Å². The molecule has 1 amide bonds. The monoisotopic (exact) mass is 338 g/mol. The van der Waals surface area contributed by atoms with Crippen LogP contribution >= 0.6 is 11.3 Å². The lowest BCUT2D eigenvalue weighted by Crippen LogP contribution is -2.14. The van der Waals surface area contributed by atoms with Gasteiger partial charge in [0.05, 0.1) is 17.8 Å². The van der Waals surface area contributed by atoms with E-state index in [9.17, 15) is 4.79 Å². The third-order valence-electron chi connectivity index (χ3n) is 3.71. The summed E-state index contributed by atoms with van der Waals surface area (Å²) in [4.78, 5) is 20.8. The summed E-state index contributed by atoms with van der Waals surface area (Å²) in [7, 11) is 1.98. The Morgan fingerprint density at radius 3 is 3.12 bits per heavy atom. The molecule has 2 N–H and O–H groups in total. The number of aryl methyl sites for hydroxylation is 1. The zero-order valence-electron chi connectivity index (χ0n) is 12.9. The highest BCUT2D eigenvalue weighted by Crippen LogP contribution is 2.24. The quantitative estimate of drug-likeness (QED) is 0.599. The predicted octanol–water partition coefficient (Wildman–Crippen LogP) is 2.60. The molecule has 0 aliphatic rings. The summed E-state index contributed by atoms with van der Waals surface area (Å²) in [6.07, 6.45) is 3.63. The summed E-state index contributed by atoms with van der Waals surface area (Å²) >= 11 is 1.43. The summed E-state index contributed by atoms with van der Waals surface area (Å²) in [5.41, 5.74) is 2.60. The van der Waals surface area contributed by atoms with Crippen molar-refractivity contribution in [3.63, 3.8) is 0 Å². The van der Waals surface area contributed by atoms with Gasteiger partial charge < -0.3 is 9.88 Å². The number of nitrogens with zero attached hydrogens (tertiary/aromatic N) is 4. The number of aromatic amines is 1. The molecule has 0 unspecified atom stereocenters. The van der Waals surface area contributed by atoms with Gasteiger partial charge in [-0.25, -0.2) is 9.97 Å². The molecule has 4 aromatic rings. The summed E-state index contributed by atoms with van der Waals surface area (Å²) in [5.74, 6) is 0.515. The molecule has 0 aliphatic heterocycles. The van der Waals surface area contributed by atoms with E-state index >= 15 is 0 Å². The molecule has 3 heterocycles. The van der Waals surface area contributed by atoms with Gasteiger partial charge in [-0.05, 0) is 18.2 Å². The van der Waals surface area contributed by atoms with E-state index in [1.54, 1.807) is 0 Å². The molecular formula is C16H14N6OS. The number of hydrogen-bond donors (Lipinski definition) is 2. The predicted molar refractivity (Wildman–Crippen MR) is 92.7 cm³/mol. The van der Waals surface area contributed by atoms with E-state index in [0.29, 0.717) is 11.5 Å². The maximum absolute atomic E-state index is 12.3. The van der Waals surface area contributed by atoms with Crippen LogP contribution in [0, 0.1) is 0 Å². The maximum atomic E-state index is 12.3. The van der Waals surface area contributed by atoms with Crippen molar-refractivity contribution in [1.82, 2.24) is 24.7 Å². The van der Waals surface area contributed by atoms with E-state index in [-0.39, 0.29) is 12.3 Å². The van der Waals surface area contributed by atoms with Crippen molar-refractivity contribution in [2.75, 3.05) is 5.32 Å². The number of aromatic nitrogens is 5. The van der Waals surface area contributed by atoms with Gasteiger partial charge >= 0.3 is 0 Å². The van der Waals surface area contributed by atoms with E-state index in [2.05, 4.69) is 25.5 Å². The average molecular weight is 338 g/mol. The fourth-order valence-electron chi connectivity index (χ4n) is 2.58. The van der Waals surface area contributed by atoms with E-state index < -0.39 is 0 Å². The molecule has 0 radical (unpaired) electrons. The largest absolute Gasteiger partial charge is 0.350 e. The third kappa shape index (κ3) is 2.67. The van der Waals surface area contributed by atoms with Crippen LogP contribution in [0.5, 0.6) is 0 Å². The molecule has 0 fully saturated rings. The Bertz CT molecular complexity index is 1000. The number of thiazole rings is 1. The first-order chi connectivity index (χ1) is 11.7. The lowest BCUT2D eigenvalue weighted by Gasteiger charge is -2.06. The summed E-state index contributed by atoms with van der Waals surface area (Å²) in [6.45, 7) is 0. The molecule has 8 heteroatoms. The Kier molecular flexibility index (Phi) is 3.58. The standard InChI is InChI=1S/C16H14N6OS/c1-22-6-5-11-12(3-2-4-13(11)22)20-14(23)7-10-8-24-16(19-10)15-17-9-18-21-15/h2-6,8-9H,7H2,1H3,(H,20,23)(H,17,18,21). The lowest BCUT2D eigenvalue weighted by atomic mass is 10.2. The van der Waals surface area contributed by atoms with Gasteiger partial charge in [0.25, 0.3) is 0 Å². The van der Waals surface area contributed by atoms with Crippen molar-refractivity contribution in [2.24, 2.45) is 7.05 Å². The van der Waals surface area contributed by atoms with Crippen molar-refractivity contribution in [3.05, 3.63) is 47.9 Å². The van der Waals surface area contributed by atoms with Crippen LogP contribution in [-0.4, -0.2) is 30.6 Å². The zero-order chi connectivity index (χ0) is 16.5. The van der Waals surface area contributed by atoms with Gasteiger partial charge in [0.2, 0.25) is 5.91 Å². The minimum atomic E-state index is -0.0965. The van der Waals surface area contributed by atoms with E-state index in [0.717, 1.165) is 21.6 Å². The van der Waals surface area contributed by atoms with E-state index in [1.165, 1.54) is 17.7 Å². The van der Waals surface area contributed by atoms with E-state index in [1.807, 2.05) is 47.5 Å². The summed E-state index contributed by atoms with van der Waals surface area (Å²) < 4.78 is 2.02. The molecule has 0 saturated heterocycles. The number of H-pyrrole nitrogens is 1. The average Bonchev–Trinajstić information content (AvgIpc) is 3.29. The highest BCUT2D eigenvalue weighted by atomic mass is 32.1. The zero-order valence-corrected chi connectivity index (χ0v) is 13.7. The number of amides is 1. The Morgan fingerprint density at radius 1 is 1.38 bits per heavy atom. The molecule has 1 aromatic carbocycles.